The minimum absolute atomic E-state index is 0.0862. The van der Waals surface area contributed by atoms with Gasteiger partial charge in [0.2, 0.25) is 5.91 Å². The second-order valence-electron chi connectivity index (χ2n) is 8.19. The number of nitrogens with one attached hydrogen (secondary N) is 2. The number of carbonyl (C=O) groups excluding carboxylic acids is 2. The average molecular weight is 475 g/mol. The van der Waals surface area contributed by atoms with E-state index in [2.05, 4.69) is 22.8 Å². The van der Waals surface area contributed by atoms with E-state index in [1.54, 1.807) is 24.3 Å². The van der Waals surface area contributed by atoms with Crippen LogP contribution in [0.15, 0.2) is 72.8 Å². The van der Waals surface area contributed by atoms with Crippen LogP contribution in [-0.4, -0.2) is 49.4 Å². The maximum absolute atomic E-state index is 12.9. The van der Waals surface area contributed by atoms with Crippen molar-refractivity contribution in [2.24, 2.45) is 0 Å². The number of rotatable bonds is 9. The van der Waals surface area contributed by atoms with E-state index in [-0.39, 0.29) is 25.6 Å². The van der Waals surface area contributed by atoms with E-state index < -0.39 is 24.0 Å². The van der Waals surface area contributed by atoms with Crippen molar-refractivity contribution in [2.75, 3.05) is 25.6 Å². The molecule has 1 aliphatic carbocycles. The van der Waals surface area contributed by atoms with Crippen LogP contribution >= 0.6 is 0 Å². The van der Waals surface area contributed by atoms with Gasteiger partial charge in [0, 0.05) is 18.7 Å². The molecule has 4 rings (SSSR count). The number of carboxylic acids is 1. The molecule has 3 N–H and O–H groups in total. The average Bonchev–Trinajstić information content (AvgIpc) is 3.17. The van der Waals surface area contributed by atoms with Gasteiger partial charge in [0.15, 0.2) is 0 Å². The van der Waals surface area contributed by atoms with E-state index in [1.807, 2.05) is 36.4 Å². The largest absolute Gasteiger partial charge is 0.481 e. The lowest BCUT2D eigenvalue weighted by Gasteiger charge is -2.20. The van der Waals surface area contributed by atoms with Gasteiger partial charge in [-0.15, -0.1) is 0 Å². The number of anilines is 1. The van der Waals surface area contributed by atoms with Gasteiger partial charge >= 0.3 is 12.1 Å². The maximum Gasteiger partial charge on any atom is 0.407 e. The summed E-state index contributed by atoms with van der Waals surface area (Å²) in [5.41, 5.74) is 5.22. The van der Waals surface area contributed by atoms with Gasteiger partial charge in [-0.25, -0.2) is 4.79 Å². The van der Waals surface area contributed by atoms with Gasteiger partial charge < -0.3 is 25.2 Å². The van der Waals surface area contributed by atoms with Crippen LogP contribution in [0.25, 0.3) is 11.1 Å². The summed E-state index contributed by atoms with van der Waals surface area (Å²) in [5, 5.41) is 14.3. The molecule has 3 aromatic rings. The zero-order chi connectivity index (χ0) is 24.8. The number of para-hydroxylation sites is 1. The van der Waals surface area contributed by atoms with E-state index in [0.717, 1.165) is 22.3 Å². The fraction of sp³-hybridized carbons (Fsp3) is 0.222. The van der Waals surface area contributed by atoms with Crippen molar-refractivity contribution in [2.45, 2.75) is 18.4 Å². The summed E-state index contributed by atoms with van der Waals surface area (Å²) in [6.45, 7) is 0.0275. The zero-order valence-electron chi connectivity index (χ0n) is 19.2. The Morgan fingerprint density at radius 3 is 2.14 bits per heavy atom. The minimum Gasteiger partial charge on any atom is -0.481 e. The van der Waals surface area contributed by atoms with Gasteiger partial charge in [0.1, 0.15) is 12.6 Å². The summed E-state index contributed by atoms with van der Waals surface area (Å²) in [5.74, 6) is -1.67. The van der Waals surface area contributed by atoms with Crippen molar-refractivity contribution in [3.63, 3.8) is 0 Å². The quantitative estimate of drug-likeness (QED) is 0.435. The molecular weight excluding hydrogens is 448 g/mol. The lowest BCUT2D eigenvalue weighted by atomic mass is 9.98. The third kappa shape index (κ3) is 5.50. The molecule has 0 radical (unpaired) electrons. The standard InChI is InChI=1S/C27H26N2O6/c1-34-16-24(26(32)28-23-13-7-2-8-17(23)14-25(30)31)29-27(33)35-15-22-20-11-5-3-9-18(20)19-10-4-6-12-21(19)22/h2-13,22,24H,14-16H2,1H3,(H,28,32)(H,29,33)(H,30,31)/t24-/m0/s1. The Balaban J connectivity index is 1.41. The first-order valence-electron chi connectivity index (χ1n) is 11.2. The van der Waals surface area contributed by atoms with Crippen LogP contribution in [0.1, 0.15) is 22.6 Å². The summed E-state index contributed by atoms with van der Waals surface area (Å²) < 4.78 is 10.6. The van der Waals surface area contributed by atoms with Gasteiger partial charge in [-0.2, -0.15) is 0 Å². The number of amides is 2. The van der Waals surface area contributed by atoms with Crippen molar-refractivity contribution in [1.29, 1.82) is 0 Å². The number of aliphatic carboxylic acids is 1. The SMILES string of the molecule is COC[C@H](NC(=O)OCC1c2ccccc2-c2ccccc21)C(=O)Nc1ccccc1CC(=O)O. The Morgan fingerprint density at radius 2 is 1.51 bits per heavy atom. The summed E-state index contributed by atoms with van der Waals surface area (Å²) >= 11 is 0. The highest BCUT2D eigenvalue weighted by atomic mass is 16.5. The second kappa shape index (κ2) is 10.8. The number of fused-ring (bicyclic) bond motifs is 3. The normalized spacial score (nSPS) is 12.8. The first kappa shape index (κ1) is 24.0. The monoisotopic (exact) mass is 474 g/mol. The van der Waals surface area contributed by atoms with Gasteiger partial charge in [-0.1, -0.05) is 66.7 Å². The fourth-order valence-electron chi connectivity index (χ4n) is 4.31. The Hall–Kier alpha value is -4.17. The molecule has 35 heavy (non-hydrogen) atoms. The smallest absolute Gasteiger partial charge is 0.407 e. The van der Waals surface area contributed by atoms with Gasteiger partial charge in [-0.3, -0.25) is 9.59 Å². The van der Waals surface area contributed by atoms with Crippen LogP contribution in [0.5, 0.6) is 0 Å². The topological polar surface area (TPSA) is 114 Å². The molecule has 0 unspecified atom stereocenters. The Labute approximate surface area is 202 Å². The van der Waals surface area contributed by atoms with E-state index >= 15 is 0 Å². The Bertz CT molecular complexity index is 1200. The molecule has 0 heterocycles. The highest BCUT2D eigenvalue weighted by Gasteiger charge is 2.30. The molecule has 1 atom stereocenters. The van der Waals surface area contributed by atoms with Crippen molar-refractivity contribution in [3.05, 3.63) is 89.5 Å². The summed E-state index contributed by atoms with van der Waals surface area (Å²) in [4.78, 5) is 36.6. The third-order valence-electron chi connectivity index (χ3n) is 5.90. The molecule has 180 valence electrons. The molecule has 8 heteroatoms. The molecule has 0 bridgehead atoms. The zero-order valence-corrected chi connectivity index (χ0v) is 19.2. The van der Waals surface area contributed by atoms with Crippen molar-refractivity contribution in [1.82, 2.24) is 5.32 Å². The number of alkyl carbamates (subject to hydrolysis) is 1. The number of hydrogen-bond donors (Lipinski definition) is 3. The van der Waals surface area contributed by atoms with Gasteiger partial charge in [0.25, 0.3) is 0 Å². The first-order valence-corrected chi connectivity index (χ1v) is 11.2. The number of carboxylic acid groups (broad SMARTS) is 1. The molecule has 0 spiro atoms. The molecule has 0 aliphatic heterocycles. The van der Waals surface area contributed by atoms with Gasteiger partial charge in [-0.05, 0) is 33.9 Å². The number of ether oxygens (including phenoxy) is 2. The highest BCUT2D eigenvalue weighted by molar-refractivity contribution is 5.97. The number of benzene rings is 3. The lowest BCUT2D eigenvalue weighted by Crippen LogP contribution is -2.47. The number of hydrogen-bond acceptors (Lipinski definition) is 5. The molecule has 0 fully saturated rings. The van der Waals surface area contributed by atoms with Crippen molar-refractivity contribution >= 4 is 23.7 Å². The number of carbonyl (C=O) groups is 3. The maximum atomic E-state index is 12.9. The summed E-state index contributed by atoms with van der Waals surface area (Å²) in [6, 6.07) is 21.6. The Morgan fingerprint density at radius 1 is 0.914 bits per heavy atom. The summed E-state index contributed by atoms with van der Waals surface area (Å²) in [7, 11) is 1.41. The van der Waals surface area contributed by atoms with Crippen LogP contribution < -0.4 is 10.6 Å². The van der Waals surface area contributed by atoms with Gasteiger partial charge in [0.05, 0.1) is 13.0 Å². The predicted molar refractivity (Wildman–Crippen MR) is 130 cm³/mol. The summed E-state index contributed by atoms with van der Waals surface area (Å²) in [6.07, 6.45) is -0.992. The molecule has 2 amide bonds. The lowest BCUT2D eigenvalue weighted by molar-refractivity contribution is -0.136. The fourth-order valence-corrected chi connectivity index (χ4v) is 4.31. The molecular formula is C27H26N2O6. The third-order valence-corrected chi connectivity index (χ3v) is 5.90. The van der Waals surface area contributed by atoms with Crippen molar-refractivity contribution in [3.8, 4) is 11.1 Å². The van der Waals surface area contributed by atoms with E-state index in [1.165, 1.54) is 7.11 Å². The molecule has 0 saturated carbocycles. The first-order chi connectivity index (χ1) is 17.0. The highest BCUT2D eigenvalue weighted by Crippen LogP contribution is 2.44. The van der Waals surface area contributed by atoms with Crippen LogP contribution in [0.4, 0.5) is 10.5 Å². The second-order valence-corrected chi connectivity index (χ2v) is 8.19. The van der Waals surface area contributed by atoms with Crippen LogP contribution in [0, 0.1) is 0 Å². The predicted octanol–water partition coefficient (Wildman–Crippen LogP) is 3.81. The molecule has 3 aromatic carbocycles. The van der Waals surface area contributed by atoms with E-state index in [0.29, 0.717) is 11.3 Å². The van der Waals surface area contributed by atoms with Crippen molar-refractivity contribution < 1.29 is 29.0 Å². The molecule has 0 aromatic heterocycles. The van der Waals surface area contributed by atoms with E-state index in [9.17, 15) is 14.4 Å². The molecule has 0 saturated heterocycles. The Kier molecular flexibility index (Phi) is 7.42. The van der Waals surface area contributed by atoms with Crippen LogP contribution in [0.3, 0.4) is 0 Å². The molecule has 1 aliphatic rings. The number of methoxy groups -OCH3 is 1. The van der Waals surface area contributed by atoms with Crippen LogP contribution in [0.2, 0.25) is 0 Å². The van der Waals surface area contributed by atoms with E-state index in [4.69, 9.17) is 14.6 Å². The molecule has 8 nitrogen and oxygen atoms in total. The minimum atomic E-state index is -1.03. The van der Waals surface area contributed by atoms with Crippen LogP contribution in [-0.2, 0) is 25.5 Å².